The van der Waals surface area contributed by atoms with Gasteiger partial charge in [-0.3, -0.25) is 4.79 Å². The fourth-order valence-corrected chi connectivity index (χ4v) is 9.37. The van der Waals surface area contributed by atoms with Crippen LogP contribution in [0.1, 0.15) is 52.7 Å². The molecule has 12 heteroatoms. The molecule has 1 aromatic heterocycles. The molecule has 5 unspecified atom stereocenters. The van der Waals surface area contributed by atoms with Gasteiger partial charge in [0.1, 0.15) is 6.04 Å². The summed E-state index contributed by atoms with van der Waals surface area (Å²) >= 11 is 1.44. The molecule has 2 heterocycles. The van der Waals surface area contributed by atoms with Gasteiger partial charge in [0.15, 0.2) is 12.5 Å². The highest BCUT2D eigenvalue weighted by molar-refractivity contribution is 7.99. The van der Waals surface area contributed by atoms with Crippen LogP contribution in [0.5, 0.6) is 0 Å². The number of nitrogens with one attached hydrogen (secondary N) is 2. The van der Waals surface area contributed by atoms with E-state index in [-0.39, 0.29) is 42.6 Å². The average molecular weight is 830 g/mol. The van der Waals surface area contributed by atoms with Gasteiger partial charge in [-0.25, -0.2) is 8.42 Å². The summed E-state index contributed by atoms with van der Waals surface area (Å²) in [5.41, 5.74) is 7.03. The molecule has 0 spiro atoms. The van der Waals surface area contributed by atoms with Gasteiger partial charge in [-0.15, -0.1) is 0 Å². The topological polar surface area (TPSA) is 141 Å². The first kappa shape index (κ1) is 41.8. The molecule has 1 fully saturated rings. The molecule has 0 saturated carbocycles. The molecule has 304 valence electrons. The number of sulfonamides is 1. The lowest BCUT2D eigenvalue weighted by Gasteiger charge is -2.41. The van der Waals surface area contributed by atoms with Crippen LogP contribution in [0.25, 0.3) is 11.1 Å². The van der Waals surface area contributed by atoms with E-state index in [1.54, 1.807) is 24.3 Å². The van der Waals surface area contributed by atoms with Crippen molar-refractivity contribution in [1.29, 1.82) is 0 Å². The van der Waals surface area contributed by atoms with E-state index in [1.807, 2.05) is 116 Å². The summed E-state index contributed by atoms with van der Waals surface area (Å²) in [7, 11) is -3.99. The molecule has 5 aromatic carbocycles. The quantitative estimate of drug-likeness (QED) is 0.0547. The summed E-state index contributed by atoms with van der Waals surface area (Å²) < 4.78 is 43.6. The van der Waals surface area contributed by atoms with Gasteiger partial charge in [-0.1, -0.05) is 140 Å². The lowest BCUT2D eigenvalue weighted by atomic mass is 9.91. The van der Waals surface area contributed by atoms with E-state index in [1.165, 1.54) is 30.1 Å². The number of carbonyl (C=O) groups excluding carboxylic acids is 1. The summed E-state index contributed by atoms with van der Waals surface area (Å²) in [5, 5.41) is 25.6. The SMILES string of the molecule is Cc1ccc(S(=O)(=O)NC(Cc2ccccc2)C(=O)NCc2ccccc2-c2ccc(C3OC(CSc4cccc[n+]4[O-])C(C)C(c4ccc(CO)cc4)O3)cc2)cc1. The molecule has 7 rings (SSSR count). The van der Waals surface area contributed by atoms with E-state index in [4.69, 9.17) is 9.47 Å². The molecule has 0 bridgehead atoms. The van der Waals surface area contributed by atoms with Crippen LogP contribution in [0.15, 0.2) is 162 Å². The maximum atomic E-state index is 13.8. The Labute approximate surface area is 349 Å². The van der Waals surface area contributed by atoms with Crippen molar-refractivity contribution in [2.75, 3.05) is 5.75 Å². The number of rotatable bonds is 15. The van der Waals surface area contributed by atoms with Crippen LogP contribution in [-0.4, -0.2) is 37.3 Å². The number of amides is 1. The third kappa shape index (κ3) is 10.5. The van der Waals surface area contributed by atoms with Crippen LogP contribution in [0, 0.1) is 18.0 Å². The number of pyridine rings is 1. The number of carbonyl (C=O) groups is 1. The summed E-state index contributed by atoms with van der Waals surface area (Å²) in [6.45, 7) is 4.09. The van der Waals surface area contributed by atoms with Crippen molar-refractivity contribution >= 4 is 27.7 Å². The standard InChI is InChI=1S/C47H47N3O7S2/c1-32-15-25-40(26-16-32)59(54,55)49-42(28-34-10-4-3-5-11-34)46(52)48-29-39-12-6-7-13-41(39)36-21-23-38(24-22-36)47-56-43(31-58-44-14-8-9-27-50(44)53)33(2)45(57-47)37-19-17-35(30-51)18-20-37/h3-27,33,42-43,45,47,49,51H,28-31H2,1-2H3,(H,48,52). The van der Waals surface area contributed by atoms with Crippen molar-refractivity contribution in [3.05, 3.63) is 190 Å². The first-order valence-electron chi connectivity index (χ1n) is 19.5. The zero-order chi connectivity index (χ0) is 41.4. The van der Waals surface area contributed by atoms with Crippen LogP contribution >= 0.6 is 11.8 Å². The zero-order valence-corrected chi connectivity index (χ0v) is 34.4. The Hall–Kier alpha value is -5.34. The summed E-state index contributed by atoms with van der Waals surface area (Å²) in [6.07, 6.45) is 0.405. The molecule has 0 radical (unpaired) electrons. The lowest BCUT2D eigenvalue weighted by molar-refractivity contribution is -0.645. The van der Waals surface area contributed by atoms with Crippen LogP contribution in [0.3, 0.4) is 0 Å². The Morgan fingerprint density at radius 1 is 0.814 bits per heavy atom. The monoisotopic (exact) mass is 829 g/mol. The van der Waals surface area contributed by atoms with Crippen molar-refractivity contribution in [2.24, 2.45) is 5.92 Å². The Kier molecular flexibility index (Phi) is 13.6. The number of aryl methyl sites for hydroxylation is 1. The van der Waals surface area contributed by atoms with Gasteiger partial charge in [0.05, 0.1) is 23.7 Å². The predicted octanol–water partition coefficient (Wildman–Crippen LogP) is 7.58. The van der Waals surface area contributed by atoms with Gasteiger partial charge < -0.3 is 25.1 Å². The van der Waals surface area contributed by atoms with Crippen LogP contribution in [0.2, 0.25) is 0 Å². The van der Waals surface area contributed by atoms with Gasteiger partial charge in [0, 0.05) is 35.9 Å². The summed E-state index contributed by atoms with van der Waals surface area (Å²) in [5.74, 6) is 0.0465. The highest BCUT2D eigenvalue weighted by Crippen LogP contribution is 2.43. The second-order valence-corrected chi connectivity index (χ2v) is 17.4. The number of ether oxygens (including phenoxy) is 2. The lowest BCUT2D eigenvalue weighted by Crippen LogP contribution is -2.47. The van der Waals surface area contributed by atoms with Crippen LogP contribution in [0.4, 0.5) is 0 Å². The molecule has 3 N–H and O–H groups in total. The van der Waals surface area contributed by atoms with E-state index in [2.05, 4.69) is 17.0 Å². The van der Waals surface area contributed by atoms with Gasteiger partial charge >= 0.3 is 0 Å². The molecule has 10 nitrogen and oxygen atoms in total. The number of hydrogen-bond acceptors (Lipinski definition) is 8. The van der Waals surface area contributed by atoms with Crippen molar-refractivity contribution in [3.8, 4) is 11.1 Å². The number of aliphatic hydroxyl groups is 1. The maximum Gasteiger partial charge on any atom is 0.251 e. The number of benzene rings is 5. The van der Waals surface area contributed by atoms with Crippen molar-refractivity contribution in [2.45, 2.75) is 67.9 Å². The summed E-state index contributed by atoms with van der Waals surface area (Å²) in [6, 6.07) is 43.6. The van der Waals surface area contributed by atoms with E-state index < -0.39 is 28.3 Å². The fourth-order valence-electron chi connectivity index (χ4n) is 7.09. The molecule has 0 aliphatic carbocycles. The van der Waals surface area contributed by atoms with E-state index in [9.17, 15) is 23.5 Å². The van der Waals surface area contributed by atoms with Gasteiger partial charge in [-0.05, 0) is 64.9 Å². The molecule has 1 aliphatic heterocycles. The number of hydrogen-bond donors (Lipinski definition) is 3. The van der Waals surface area contributed by atoms with E-state index in [0.717, 1.165) is 49.2 Å². The second-order valence-electron chi connectivity index (χ2n) is 14.7. The number of nitrogens with zero attached hydrogens (tertiary/aromatic N) is 1. The number of aromatic nitrogens is 1. The zero-order valence-electron chi connectivity index (χ0n) is 32.8. The Morgan fingerprint density at radius 3 is 2.20 bits per heavy atom. The molecule has 1 saturated heterocycles. The summed E-state index contributed by atoms with van der Waals surface area (Å²) in [4.78, 5) is 13.9. The Balaban J connectivity index is 1.08. The second kappa shape index (κ2) is 19.2. The van der Waals surface area contributed by atoms with Gasteiger partial charge in [0.2, 0.25) is 15.9 Å². The normalized spacial score (nSPS) is 18.6. The van der Waals surface area contributed by atoms with E-state index in [0.29, 0.717) is 10.8 Å². The minimum Gasteiger partial charge on any atom is -0.618 e. The Bertz CT molecular complexity index is 2430. The highest BCUT2D eigenvalue weighted by atomic mass is 32.2. The minimum atomic E-state index is -3.99. The predicted molar refractivity (Wildman–Crippen MR) is 228 cm³/mol. The number of thioether (sulfide) groups is 1. The first-order valence-corrected chi connectivity index (χ1v) is 22.0. The van der Waals surface area contributed by atoms with Crippen molar-refractivity contribution < 1.29 is 32.5 Å². The first-order chi connectivity index (χ1) is 28.6. The molecular formula is C47H47N3O7S2. The van der Waals surface area contributed by atoms with Crippen LogP contribution in [-0.2, 0) is 43.9 Å². The Morgan fingerprint density at radius 2 is 1.49 bits per heavy atom. The molecule has 5 atom stereocenters. The number of aliphatic hydroxyl groups excluding tert-OH is 1. The van der Waals surface area contributed by atoms with Crippen molar-refractivity contribution in [3.63, 3.8) is 0 Å². The molecule has 6 aromatic rings. The molecule has 59 heavy (non-hydrogen) atoms. The third-order valence-corrected chi connectivity index (χ3v) is 13.1. The van der Waals surface area contributed by atoms with Crippen molar-refractivity contribution in [1.82, 2.24) is 10.0 Å². The average Bonchev–Trinajstić information content (AvgIpc) is 3.26. The van der Waals surface area contributed by atoms with Gasteiger partial charge in [-0.2, -0.15) is 9.45 Å². The van der Waals surface area contributed by atoms with Gasteiger partial charge in [0.25, 0.3) is 5.03 Å². The molecular weight excluding hydrogens is 783 g/mol. The molecule has 1 amide bonds. The van der Waals surface area contributed by atoms with Crippen LogP contribution < -0.4 is 14.8 Å². The smallest absolute Gasteiger partial charge is 0.251 e. The minimum absolute atomic E-state index is 0.0471. The largest absolute Gasteiger partial charge is 0.618 e. The molecule has 1 aliphatic rings. The third-order valence-electron chi connectivity index (χ3n) is 10.5. The highest BCUT2D eigenvalue weighted by Gasteiger charge is 2.39. The van der Waals surface area contributed by atoms with E-state index >= 15 is 0 Å². The maximum absolute atomic E-state index is 13.8. The fraction of sp³-hybridized carbons (Fsp3) is 0.234.